The number of carbonyl (C=O) groups is 1. The van der Waals surface area contributed by atoms with E-state index in [2.05, 4.69) is 10.3 Å². The zero-order valence-corrected chi connectivity index (χ0v) is 18.2. The minimum atomic E-state index is -0.172. The van der Waals surface area contributed by atoms with Gasteiger partial charge in [0.25, 0.3) is 0 Å². The van der Waals surface area contributed by atoms with Crippen molar-refractivity contribution in [3.63, 3.8) is 0 Å². The van der Waals surface area contributed by atoms with Crippen LogP contribution in [-0.4, -0.2) is 24.1 Å². The van der Waals surface area contributed by atoms with Crippen LogP contribution in [0.1, 0.15) is 29.0 Å². The molecular formula is C26H23ClN2O3. The number of rotatable bonds is 6. The second-order valence-electron chi connectivity index (χ2n) is 7.86. The van der Waals surface area contributed by atoms with E-state index in [9.17, 15) is 4.79 Å². The fourth-order valence-electron chi connectivity index (χ4n) is 4.14. The number of halogens is 1. The Morgan fingerprint density at radius 2 is 1.81 bits per heavy atom. The van der Waals surface area contributed by atoms with E-state index in [4.69, 9.17) is 21.1 Å². The van der Waals surface area contributed by atoms with E-state index in [1.165, 1.54) is 0 Å². The molecule has 1 aliphatic heterocycles. The van der Waals surface area contributed by atoms with Gasteiger partial charge in [-0.25, -0.2) is 0 Å². The highest BCUT2D eigenvalue weighted by molar-refractivity contribution is 6.31. The topological polar surface area (TPSA) is 63.4 Å². The second kappa shape index (κ2) is 8.97. The van der Waals surface area contributed by atoms with Crippen molar-refractivity contribution in [3.05, 3.63) is 94.6 Å². The normalized spacial score (nSPS) is 13.7. The van der Waals surface area contributed by atoms with Gasteiger partial charge in [0.15, 0.2) is 11.5 Å². The Hall–Kier alpha value is -3.44. The van der Waals surface area contributed by atoms with Gasteiger partial charge in [-0.3, -0.25) is 4.79 Å². The first-order valence-corrected chi connectivity index (χ1v) is 11.0. The van der Waals surface area contributed by atoms with Crippen molar-refractivity contribution >= 4 is 28.4 Å². The maximum Gasteiger partial charge on any atom is 0.221 e. The fourth-order valence-corrected chi connectivity index (χ4v) is 4.31. The van der Waals surface area contributed by atoms with Crippen molar-refractivity contribution < 1.29 is 14.3 Å². The van der Waals surface area contributed by atoms with Gasteiger partial charge < -0.3 is 19.8 Å². The summed E-state index contributed by atoms with van der Waals surface area (Å²) in [6.07, 6.45) is 2.26. The highest BCUT2D eigenvalue weighted by Crippen LogP contribution is 2.39. The molecule has 0 fully saturated rings. The lowest BCUT2D eigenvalue weighted by Gasteiger charge is -2.22. The van der Waals surface area contributed by atoms with Crippen molar-refractivity contribution in [3.8, 4) is 11.5 Å². The molecule has 0 saturated heterocycles. The van der Waals surface area contributed by atoms with Gasteiger partial charge in [0.05, 0.1) is 0 Å². The maximum atomic E-state index is 13.0. The van der Waals surface area contributed by atoms with Gasteiger partial charge in [0.1, 0.15) is 13.2 Å². The fraction of sp³-hybridized carbons (Fsp3) is 0.192. The maximum absolute atomic E-state index is 13.0. The Morgan fingerprint density at radius 1 is 1.00 bits per heavy atom. The number of benzene rings is 3. The molecule has 1 aromatic heterocycles. The van der Waals surface area contributed by atoms with Crippen molar-refractivity contribution in [2.45, 2.75) is 18.9 Å². The van der Waals surface area contributed by atoms with Gasteiger partial charge in [-0.15, -0.1) is 0 Å². The molecule has 0 unspecified atom stereocenters. The Balaban J connectivity index is 1.47. The van der Waals surface area contributed by atoms with E-state index >= 15 is 0 Å². The first-order chi connectivity index (χ1) is 15.7. The lowest BCUT2D eigenvalue weighted by molar-refractivity contribution is -0.121. The van der Waals surface area contributed by atoms with Gasteiger partial charge in [0, 0.05) is 41.0 Å². The summed E-state index contributed by atoms with van der Waals surface area (Å²) in [5.74, 6) is 1.24. The Labute approximate surface area is 191 Å². The molecule has 1 amide bonds. The molecule has 32 heavy (non-hydrogen) atoms. The van der Waals surface area contributed by atoms with Crippen LogP contribution in [0.2, 0.25) is 5.02 Å². The summed E-state index contributed by atoms with van der Waals surface area (Å²) in [5.41, 5.74) is 4.06. The Morgan fingerprint density at radius 3 is 2.66 bits per heavy atom. The van der Waals surface area contributed by atoms with Crippen LogP contribution in [-0.2, 0) is 11.3 Å². The van der Waals surface area contributed by atoms with Crippen LogP contribution in [0.4, 0.5) is 0 Å². The lowest BCUT2D eigenvalue weighted by Crippen LogP contribution is -2.25. The number of hydrogen-bond acceptors (Lipinski definition) is 3. The second-order valence-corrected chi connectivity index (χ2v) is 8.29. The van der Waals surface area contributed by atoms with Crippen molar-refractivity contribution in [1.29, 1.82) is 0 Å². The minimum Gasteiger partial charge on any atom is -0.486 e. The number of nitrogens with one attached hydrogen (secondary N) is 2. The summed E-state index contributed by atoms with van der Waals surface area (Å²) in [7, 11) is 0. The molecular weight excluding hydrogens is 424 g/mol. The van der Waals surface area contributed by atoms with E-state index in [-0.39, 0.29) is 11.8 Å². The van der Waals surface area contributed by atoms with Crippen LogP contribution in [0.5, 0.6) is 11.5 Å². The summed E-state index contributed by atoms with van der Waals surface area (Å²) >= 11 is 6.29. The van der Waals surface area contributed by atoms with E-state index in [0.29, 0.717) is 37.0 Å². The molecule has 0 aliphatic carbocycles. The number of fused-ring (bicyclic) bond motifs is 2. The third kappa shape index (κ3) is 4.30. The zero-order chi connectivity index (χ0) is 21.9. The number of aromatic amines is 1. The standard InChI is InChI=1S/C26H23ClN2O3/c27-19-7-8-23-21(13-19)22(16-28-23)20(14-26(30)29-15-17-4-2-1-3-5-17)18-6-9-24-25(12-18)32-11-10-31-24/h1-9,12-13,16,20,28H,10-11,14-15H2,(H,29,30)/t20-/m1/s1. The van der Waals surface area contributed by atoms with E-state index < -0.39 is 0 Å². The monoisotopic (exact) mass is 446 g/mol. The average Bonchev–Trinajstić information content (AvgIpc) is 3.24. The SMILES string of the molecule is O=C(C[C@H](c1ccc2c(c1)OCCO2)c1c[nH]c2ccc(Cl)cc12)NCc1ccccc1. The highest BCUT2D eigenvalue weighted by atomic mass is 35.5. The molecule has 3 aromatic carbocycles. The van der Waals surface area contributed by atoms with Crippen LogP contribution < -0.4 is 14.8 Å². The predicted octanol–water partition coefficient (Wildman–Crippen LogP) is 5.43. The molecule has 1 atom stereocenters. The number of carbonyl (C=O) groups excluding carboxylic acids is 1. The summed E-state index contributed by atoms with van der Waals surface area (Å²) in [6, 6.07) is 21.6. The zero-order valence-electron chi connectivity index (χ0n) is 17.4. The molecule has 5 nitrogen and oxygen atoms in total. The molecule has 1 aliphatic rings. The average molecular weight is 447 g/mol. The van der Waals surface area contributed by atoms with Crippen LogP contribution >= 0.6 is 11.6 Å². The Kier molecular flexibility index (Phi) is 5.73. The van der Waals surface area contributed by atoms with E-state index in [1.807, 2.05) is 72.9 Å². The quantitative estimate of drug-likeness (QED) is 0.415. The van der Waals surface area contributed by atoms with E-state index in [1.54, 1.807) is 0 Å². The molecule has 4 aromatic rings. The van der Waals surface area contributed by atoms with E-state index in [0.717, 1.165) is 33.3 Å². The molecule has 0 saturated carbocycles. The van der Waals surface area contributed by atoms with Gasteiger partial charge in [-0.2, -0.15) is 0 Å². The molecule has 0 bridgehead atoms. The van der Waals surface area contributed by atoms with Crippen LogP contribution in [0.25, 0.3) is 10.9 Å². The largest absolute Gasteiger partial charge is 0.486 e. The molecule has 2 heterocycles. The first-order valence-electron chi connectivity index (χ1n) is 10.6. The van der Waals surface area contributed by atoms with Gasteiger partial charge in [-0.1, -0.05) is 48.0 Å². The van der Waals surface area contributed by atoms with Gasteiger partial charge in [0.2, 0.25) is 5.91 Å². The smallest absolute Gasteiger partial charge is 0.221 e. The van der Waals surface area contributed by atoms with Crippen LogP contribution in [0, 0.1) is 0 Å². The number of amides is 1. The summed E-state index contributed by atoms with van der Waals surface area (Å²) in [6.45, 7) is 1.55. The Bertz CT molecular complexity index is 1250. The van der Waals surface area contributed by atoms with Crippen molar-refractivity contribution in [1.82, 2.24) is 10.3 Å². The summed E-state index contributed by atoms with van der Waals surface area (Å²) in [4.78, 5) is 16.3. The molecule has 6 heteroatoms. The lowest BCUT2D eigenvalue weighted by atomic mass is 9.87. The third-order valence-electron chi connectivity index (χ3n) is 5.74. The van der Waals surface area contributed by atoms with Crippen LogP contribution in [0.3, 0.4) is 0 Å². The van der Waals surface area contributed by atoms with Gasteiger partial charge in [-0.05, 0) is 47.0 Å². The molecule has 162 valence electrons. The van der Waals surface area contributed by atoms with Crippen molar-refractivity contribution in [2.24, 2.45) is 0 Å². The highest BCUT2D eigenvalue weighted by Gasteiger charge is 2.24. The third-order valence-corrected chi connectivity index (χ3v) is 5.98. The summed E-state index contributed by atoms with van der Waals surface area (Å²) in [5, 5.41) is 4.72. The molecule has 2 N–H and O–H groups in total. The molecule has 0 spiro atoms. The summed E-state index contributed by atoms with van der Waals surface area (Å²) < 4.78 is 11.5. The number of aromatic nitrogens is 1. The number of H-pyrrole nitrogens is 1. The van der Waals surface area contributed by atoms with Crippen LogP contribution in [0.15, 0.2) is 72.9 Å². The number of ether oxygens (including phenoxy) is 2. The minimum absolute atomic E-state index is 0.0230. The predicted molar refractivity (Wildman–Crippen MR) is 125 cm³/mol. The van der Waals surface area contributed by atoms with Gasteiger partial charge >= 0.3 is 0 Å². The number of hydrogen-bond donors (Lipinski definition) is 2. The van der Waals surface area contributed by atoms with Crippen molar-refractivity contribution in [2.75, 3.05) is 13.2 Å². The molecule has 5 rings (SSSR count). The molecule has 0 radical (unpaired) electrons. The first kappa shape index (κ1) is 20.5.